The van der Waals surface area contributed by atoms with Gasteiger partial charge in [-0.25, -0.2) is 0 Å². The van der Waals surface area contributed by atoms with Crippen molar-refractivity contribution in [3.8, 4) is 11.5 Å². The first kappa shape index (κ1) is 23.7. The number of amides is 2. The van der Waals surface area contributed by atoms with Crippen LogP contribution in [0.4, 0.5) is 11.4 Å². The molecule has 0 spiro atoms. The van der Waals surface area contributed by atoms with E-state index in [2.05, 4.69) is 16.0 Å². The lowest BCUT2D eigenvalue weighted by Crippen LogP contribution is -2.40. The van der Waals surface area contributed by atoms with E-state index in [1.807, 2.05) is 12.1 Å². The van der Waals surface area contributed by atoms with E-state index in [4.69, 9.17) is 9.47 Å². The molecule has 0 bridgehead atoms. The van der Waals surface area contributed by atoms with Crippen LogP contribution < -0.4 is 25.4 Å². The van der Waals surface area contributed by atoms with Crippen LogP contribution in [0.15, 0.2) is 42.5 Å². The summed E-state index contributed by atoms with van der Waals surface area (Å²) in [4.78, 5) is 34.8. The van der Waals surface area contributed by atoms with Crippen LogP contribution in [0.3, 0.4) is 0 Å². The van der Waals surface area contributed by atoms with Crippen LogP contribution in [0.25, 0.3) is 0 Å². The molecule has 0 fully saturated rings. The van der Waals surface area contributed by atoms with E-state index < -0.39 is 17.9 Å². The lowest BCUT2D eigenvalue weighted by atomic mass is 10.1. The minimum atomic E-state index is -1.11. The van der Waals surface area contributed by atoms with E-state index in [9.17, 15) is 19.5 Å². The molecule has 9 heteroatoms. The van der Waals surface area contributed by atoms with Crippen molar-refractivity contribution in [3.05, 3.63) is 48.0 Å². The molecule has 2 rings (SSSR count). The molecule has 31 heavy (non-hydrogen) atoms. The number of rotatable bonds is 11. The summed E-state index contributed by atoms with van der Waals surface area (Å²) in [5, 5.41) is 17.6. The van der Waals surface area contributed by atoms with Crippen molar-refractivity contribution in [3.63, 3.8) is 0 Å². The van der Waals surface area contributed by atoms with E-state index >= 15 is 0 Å². The molecule has 4 N–H and O–H groups in total. The third-order valence-electron chi connectivity index (χ3n) is 4.43. The highest BCUT2D eigenvalue weighted by atomic mass is 16.5. The highest BCUT2D eigenvalue weighted by Crippen LogP contribution is 2.27. The maximum atomic E-state index is 12.3. The van der Waals surface area contributed by atoms with Crippen LogP contribution >= 0.6 is 0 Å². The Kier molecular flexibility index (Phi) is 8.83. The molecule has 0 aliphatic rings. The minimum absolute atomic E-state index is 0.194. The molecule has 0 aliphatic carbocycles. The van der Waals surface area contributed by atoms with Gasteiger partial charge in [0.1, 0.15) is 6.04 Å². The number of aliphatic carboxylic acids is 1. The zero-order chi connectivity index (χ0) is 22.8. The molecule has 1 unspecified atom stereocenters. The monoisotopic (exact) mass is 429 g/mol. The number of anilines is 2. The average Bonchev–Trinajstić information content (AvgIpc) is 2.73. The average molecular weight is 429 g/mol. The summed E-state index contributed by atoms with van der Waals surface area (Å²) < 4.78 is 10.5. The number of carbonyl (C=O) groups is 3. The number of benzene rings is 2. The Balaban J connectivity index is 1.87. The van der Waals surface area contributed by atoms with Crippen LogP contribution in [0.5, 0.6) is 11.5 Å². The van der Waals surface area contributed by atoms with Crippen molar-refractivity contribution in [1.82, 2.24) is 5.32 Å². The molecule has 166 valence electrons. The van der Waals surface area contributed by atoms with E-state index in [0.29, 0.717) is 35.8 Å². The van der Waals surface area contributed by atoms with Gasteiger partial charge in [0.25, 0.3) is 0 Å². The highest BCUT2D eigenvalue weighted by Gasteiger charge is 2.20. The van der Waals surface area contributed by atoms with Gasteiger partial charge in [0.2, 0.25) is 11.8 Å². The molecule has 0 aromatic heterocycles. The van der Waals surface area contributed by atoms with Crippen LogP contribution in [-0.2, 0) is 20.8 Å². The number of hydrogen-bond donors (Lipinski definition) is 4. The minimum Gasteiger partial charge on any atom is -0.493 e. The van der Waals surface area contributed by atoms with Gasteiger partial charge in [-0.15, -0.1) is 0 Å². The Labute approximate surface area is 180 Å². The summed E-state index contributed by atoms with van der Waals surface area (Å²) in [6.07, 6.45) is 0.324. The standard InChI is InChI=1S/C22H27N3O6/c1-14(26)24-16-5-7-17(8-6-16)25-21(27)13-18(22(28)29)23-11-10-15-4-9-19(30-2)20(12-15)31-3/h4-9,12,18,23H,10-11,13H2,1-3H3,(H,24,26)(H,25,27)(H,28,29). The van der Waals surface area contributed by atoms with Crippen molar-refractivity contribution in [2.45, 2.75) is 25.8 Å². The summed E-state index contributed by atoms with van der Waals surface area (Å²) in [7, 11) is 3.10. The second kappa shape index (κ2) is 11.6. The molecule has 0 saturated carbocycles. The Bertz CT molecular complexity index is 914. The van der Waals surface area contributed by atoms with Crippen molar-refractivity contribution >= 4 is 29.2 Å². The van der Waals surface area contributed by atoms with Crippen molar-refractivity contribution in [2.75, 3.05) is 31.4 Å². The molecule has 2 amide bonds. The van der Waals surface area contributed by atoms with Crippen LogP contribution in [0, 0.1) is 0 Å². The first-order valence-corrected chi connectivity index (χ1v) is 9.67. The molecular formula is C22H27N3O6. The van der Waals surface area contributed by atoms with E-state index in [-0.39, 0.29) is 12.3 Å². The quantitative estimate of drug-likeness (QED) is 0.432. The number of nitrogens with one attached hydrogen (secondary N) is 3. The Morgan fingerprint density at radius 3 is 2.10 bits per heavy atom. The molecular weight excluding hydrogens is 402 g/mol. The molecule has 0 saturated heterocycles. The summed E-state index contributed by atoms with van der Waals surface area (Å²) in [6, 6.07) is 11.0. The predicted octanol–water partition coefficient (Wildman–Crippen LogP) is 2.28. The van der Waals surface area contributed by atoms with Gasteiger partial charge >= 0.3 is 5.97 Å². The van der Waals surface area contributed by atoms with Gasteiger partial charge in [0.05, 0.1) is 20.6 Å². The lowest BCUT2D eigenvalue weighted by molar-refractivity contribution is -0.141. The summed E-state index contributed by atoms with van der Waals surface area (Å²) in [5.74, 6) is -0.523. The number of carbonyl (C=O) groups excluding carboxylic acids is 2. The summed E-state index contributed by atoms with van der Waals surface area (Å²) >= 11 is 0. The van der Waals surface area contributed by atoms with Gasteiger partial charge in [-0.05, 0) is 54.9 Å². The molecule has 0 radical (unpaired) electrons. The Morgan fingerprint density at radius 2 is 1.55 bits per heavy atom. The fourth-order valence-corrected chi connectivity index (χ4v) is 2.91. The van der Waals surface area contributed by atoms with Gasteiger partial charge < -0.3 is 30.5 Å². The second-order valence-electron chi connectivity index (χ2n) is 6.80. The fraction of sp³-hybridized carbons (Fsp3) is 0.318. The summed E-state index contributed by atoms with van der Waals surface area (Å²) in [5.41, 5.74) is 2.05. The summed E-state index contributed by atoms with van der Waals surface area (Å²) in [6.45, 7) is 1.77. The SMILES string of the molecule is COc1ccc(CCNC(CC(=O)Nc2ccc(NC(C)=O)cc2)C(=O)O)cc1OC. The molecule has 9 nitrogen and oxygen atoms in total. The van der Waals surface area contributed by atoms with Crippen LogP contribution in [-0.4, -0.2) is 49.7 Å². The Morgan fingerprint density at radius 1 is 0.935 bits per heavy atom. The number of hydrogen-bond acceptors (Lipinski definition) is 6. The first-order chi connectivity index (χ1) is 14.8. The number of ether oxygens (including phenoxy) is 2. The van der Waals surface area contributed by atoms with Crippen LogP contribution in [0.1, 0.15) is 18.9 Å². The molecule has 0 aliphatic heterocycles. The third-order valence-corrected chi connectivity index (χ3v) is 4.43. The highest BCUT2D eigenvalue weighted by molar-refractivity contribution is 5.94. The number of carboxylic acids is 1. The molecule has 2 aromatic rings. The van der Waals surface area contributed by atoms with Gasteiger partial charge in [0.15, 0.2) is 11.5 Å². The maximum Gasteiger partial charge on any atom is 0.321 e. The third kappa shape index (κ3) is 7.63. The lowest BCUT2D eigenvalue weighted by Gasteiger charge is -2.15. The zero-order valence-electron chi connectivity index (χ0n) is 17.7. The second-order valence-corrected chi connectivity index (χ2v) is 6.80. The van der Waals surface area contributed by atoms with Crippen molar-refractivity contribution in [2.24, 2.45) is 0 Å². The maximum absolute atomic E-state index is 12.3. The topological polar surface area (TPSA) is 126 Å². The van der Waals surface area contributed by atoms with E-state index in [1.165, 1.54) is 6.92 Å². The van der Waals surface area contributed by atoms with Crippen molar-refractivity contribution in [1.29, 1.82) is 0 Å². The fourth-order valence-electron chi connectivity index (χ4n) is 2.91. The van der Waals surface area contributed by atoms with Gasteiger partial charge in [-0.2, -0.15) is 0 Å². The molecule has 0 heterocycles. The number of methoxy groups -OCH3 is 2. The zero-order valence-corrected chi connectivity index (χ0v) is 17.7. The predicted molar refractivity (Wildman–Crippen MR) is 117 cm³/mol. The molecule has 2 aromatic carbocycles. The smallest absolute Gasteiger partial charge is 0.321 e. The van der Waals surface area contributed by atoms with Gasteiger partial charge in [-0.1, -0.05) is 6.07 Å². The molecule has 1 atom stereocenters. The first-order valence-electron chi connectivity index (χ1n) is 9.67. The van der Waals surface area contributed by atoms with Crippen molar-refractivity contribution < 1.29 is 29.0 Å². The largest absolute Gasteiger partial charge is 0.493 e. The van der Waals surface area contributed by atoms with E-state index in [0.717, 1.165) is 5.56 Å². The van der Waals surface area contributed by atoms with Crippen LogP contribution in [0.2, 0.25) is 0 Å². The number of carboxylic acid groups (broad SMARTS) is 1. The Hall–Kier alpha value is -3.59. The van der Waals surface area contributed by atoms with Gasteiger partial charge in [0, 0.05) is 18.3 Å². The van der Waals surface area contributed by atoms with E-state index in [1.54, 1.807) is 44.6 Å². The normalized spacial score (nSPS) is 11.3. The van der Waals surface area contributed by atoms with Gasteiger partial charge in [-0.3, -0.25) is 14.4 Å².